The molecule has 7 heavy (non-hydrogen) atoms. The van der Waals surface area contributed by atoms with Crippen LogP contribution in [0.3, 0.4) is 0 Å². The van der Waals surface area contributed by atoms with Gasteiger partial charge in [0, 0.05) is 6.42 Å². The van der Waals surface area contributed by atoms with Crippen LogP contribution in [0, 0.1) is 0 Å². The molecule has 0 aliphatic carbocycles. The second-order valence-corrected chi connectivity index (χ2v) is 1.55. The summed E-state index contributed by atoms with van der Waals surface area (Å²) in [6, 6.07) is 0. The predicted molar refractivity (Wildman–Crippen MR) is 25.7 cm³/mol. The number of hydrogen-bond donors (Lipinski definition) is 1. The lowest BCUT2D eigenvalue weighted by Crippen LogP contribution is -2.08. The summed E-state index contributed by atoms with van der Waals surface area (Å²) < 4.78 is 4.87. The van der Waals surface area contributed by atoms with E-state index in [9.17, 15) is 0 Å². The molecule has 0 radical (unpaired) electrons. The van der Waals surface area contributed by atoms with Gasteiger partial charge in [-0.05, 0) is 6.08 Å². The van der Waals surface area contributed by atoms with Crippen LogP contribution in [0.4, 0.5) is 0 Å². The third-order valence-corrected chi connectivity index (χ3v) is 0.970. The van der Waals surface area contributed by atoms with Gasteiger partial charge >= 0.3 is 0 Å². The standard InChI is InChI=1S/C5H8O2/c6-4-5-2-1-3-7-5/h1,3,5-6H,2,4H2/t5-/m0/s1. The van der Waals surface area contributed by atoms with Crippen molar-refractivity contribution in [3.05, 3.63) is 12.3 Å². The molecule has 1 rings (SSSR count). The van der Waals surface area contributed by atoms with Crippen molar-refractivity contribution in [1.82, 2.24) is 0 Å². The molecule has 0 amide bonds. The summed E-state index contributed by atoms with van der Waals surface area (Å²) in [7, 11) is 0. The van der Waals surface area contributed by atoms with E-state index in [2.05, 4.69) is 0 Å². The number of aliphatic hydroxyl groups is 1. The summed E-state index contributed by atoms with van der Waals surface area (Å²) in [5.74, 6) is 0. The molecule has 0 bridgehead atoms. The van der Waals surface area contributed by atoms with Crippen LogP contribution in [-0.4, -0.2) is 17.8 Å². The Morgan fingerprint density at radius 2 is 2.71 bits per heavy atom. The lowest BCUT2D eigenvalue weighted by molar-refractivity contribution is 0.0964. The van der Waals surface area contributed by atoms with E-state index in [1.165, 1.54) is 0 Å². The van der Waals surface area contributed by atoms with Crippen LogP contribution in [0.2, 0.25) is 0 Å². The Morgan fingerprint density at radius 1 is 1.86 bits per heavy atom. The second kappa shape index (κ2) is 1.98. The quantitative estimate of drug-likeness (QED) is 0.513. The van der Waals surface area contributed by atoms with Gasteiger partial charge in [0.05, 0.1) is 12.9 Å². The second-order valence-electron chi connectivity index (χ2n) is 1.55. The minimum absolute atomic E-state index is 0.0417. The Bertz CT molecular complexity index is 70.1. The molecular formula is C5H8O2. The molecule has 1 N–H and O–H groups in total. The van der Waals surface area contributed by atoms with Crippen LogP contribution >= 0.6 is 0 Å². The molecule has 0 unspecified atom stereocenters. The van der Waals surface area contributed by atoms with E-state index < -0.39 is 0 Å². The third-order valence-electron chi connectivity index (χ3n) is 0.970. The van der Waals surface area contributed by atoms with Crippen molar-refractivity contribution in [3.8, 4) is 0 Å². The van der Waals surface area contributed by atoms with E-state index in [4.69, 9.17) is 9.84 Å². The van der Waals surface area contributed by atoms with E-state index >= 15 is 0 Å². The summed E-state index contributed by atoms with van der Waals surface area (Å²) in [5.41, 5.74) is 0. The van der Waals surface area contributed by atoms with Gasteiger partial charge < -0.3 is 9.84 Å². The van der Waals surface area contributed by atoms with Crippen LogP contribution in [-0.2, 0) is 4.74 Å². The zero-order valence-corrected chi connectivity index (χ0v) is 4.00. The van der Waals surface area contributed by atoms with Crippen LogP contribution in [0.5, 0.6) is 0 Å². The third kappa shape index (κ3) is 0.933. The van der Waals surface area contributed by atoms with Gasteiger partial charge in [0.25, 0.3) is 0 Å². The SMILES string of the molecule is OC[C@@H]1CC=CO1. The first kappa shape index (κ1) is 4.65. The number of ether oxygens (including phenoxy) is 1. The zero-order chi connectivity index (χ0) is 5.11. The summed E-state index contributed by atoms with van der Waals surface area (Å²) in [6.45, 7) is 0.132. The molecule has 0 spiro atoms. The van der Waals surface area contributed by atoms with Crippen molar-refractivity contribution >= 4 is 0 Å². The summed E-state index contributed by atoms with van der Waals surface area (Å²) in [6.07, 6.45) is 4.43. The normalized spacial score (nSPS) is 27.9. The van der Waals surface area contributed by atoms with Gasteiger partial charge in [-0.3, -0.25) is 0 Å². The topological polar surface area (TPSA) is 29.5 Å². The highest BCUT2D eigenvalue weighted by molar-refractivity contribution is 4.85. The number of aliphatic hydroxyl groups excluding tert-OH is 1. The molecule has 0 saturated heterocycles. The Kier molecular flexibility index (Phi) is 1.32. The Hall–Kier alpha value is -0.500. The van der Waals surface area contributed by atoms with E-state index in [0.29, 0.717) is 0 Å². The summed E-state index contributed by atoms with van der Waals surface area (Å²) in [4.78, 5) is 0. The fraction of sp³-hybridized carbons (Fsp3) is 0.600. The van der Waals surface area contributed by atoms with Gasteiger partial charge in [-0.25, -0.2) is 0 Å². The van der Waals surface area contributed by atoms with Crippen molar-refractivity contribution in [3.63, 3.8) is 0 Å². The Morgan fingerprint density at radius 3 is 3.00 bits per heavy atom. The van der Waals surface area contributed by atoms with E-state index in [1.807, 2.05) is 6.08 Å². The van der Waals surface area contributed by atoms with Crippen LogP contribution in [0.1, 0.15) is 6.42 Å². The molecule has 0 saturated carbocycles. The molecule has 0 aromatic heterocycles. The fourth-order valence-electron chi connectivity index (χ4n) is 0.547. The van der Waals surface area contributed by atoms with Crippen molar-refractivity contribution in [2.45, 2.75) is 12.5 Å². The highest BCUT2D eigenvalue weighted by Gasteiger charge is 2.07. The van der Waals surface area contributed by atoms with Gasteiger partial charge in [0.2, 0.25) is 0 Å². The van der Waals surface area contributed by atoms with Gasteiger partial charge in [0.1, 0.15) is 6.10 Å². The number of hydrogen-bond acceptors (Lipinski definition) is 2. The molecule has 40 valence electrons. The summed E-state index contributed by atoms with van der Waals surface area (Å²) >= 11 is 0. The van der Waals surface area contributed by atoms with Crippen LogP contribution < -0.4 is 0 Å². The van der Waals surface area contributed by atoms with Crippen molar-refractivity contribution < 1.29 is 9.84 Å². The van der Waals surface area contributed by atoms with Crippen molar-refractivity contribution in [2.75, 3.05) is 6.61 Å². The van der Waals surface area contributed by atoms with Crippen LogP contribution in [0.15, 0.2) is 12.3 Å². The maximum absolute atomic E-state index is 8.40. The van der Waals surface area contributed by atoms with Gasteiger partial charge in [-0.2, -0.15) is 0 Å². The molecule has 1 atom stereocenters. The largest absolute Gasteiger partial charge is 0.496 e. The minimum atomic E-state index is 0.0417. The zero-order valence-electron chi connectivity index (χ0n) is 4.00. The Balaban J connectivity index is 2.22. The van der Waals surface area contributed by atoms with Gasteiger partial charge in [-0.1, -0.05) is 0 Å². The molecule has 0 aromatic carbocycles. The van der Waals surface area contributed by atoms with Crippen molar-refractivity contribution in [1.29, 1.82) is 0 Å². The molecule has 0 fully saturated rings. The molecule has 1 aliphatic heterocycles. The molecule has 1 aliphatic rings. The molecule has 1 heterocycles. The summed E-state index contributed by atoms with van der Waals surface area (Å²) in [5, 5.41) is 8.40. The lowest BCUT2D eigenvalue weighted by Gasteiger charge is -2.02. The smallest absolute Gasteiger partial charge is 0.124 e. The molecule has 0 aromatic rings. The average Bonchev–Trinajstić information content (AvgIpc) is 2.14. The van der Waals surface area contributed by atoms with Crippen molar-refractivity contribution in [2.24, 2.45) is 0 Å². The van der Waals surface area contributed by atoms with E-state index in [0.717, 1.165) is 6.42 Å². The van der Waals surface area contributed by atoms with Gasteiger partial charge in [-0.15, -0.1) is 0 Å². The lowest BCUT2D eigenvalue weighted by atomic mass is 10.3. The highest BCUT2D eigenvalue weighted by atomic mass is 16.5. The predicted octanol–water partition coefficient (Wildman–Crippen LogP) is 0.281. The van der Waals surface area contributed by atoms with Crippen LogP contribution in [0.25, 0.3) is 0 Å². The molecular weight excluding hydrogens is 92.1 g/mol. The molecule has 2 nitrogen and oxygen atoms in total. The van der Waals surface area contributed by atoms with E-state index in [-0.39, 0.29) is 12.7 Å². The average molecular weight is 100 g/mol. The maximum Gasteiger partial charge on any atom is 0.124 e. The first-order chi connectivity index (χ1) is 3.43. The first-order valence-corrected chi connectivity index (χ1v) is 2.35. The monoisotopic (exact) mass is 100 g/mol. The maximum atomic E-state index is 8.40. The fourth-order valence-corrected chi connectivity index (χ4v) is 0.547. The molecule has 2 heteroatoms. The Labute approximate surface area is 42.4 Å². The highest BCUT2D eigenvalue weighted by Crippen LogP contribution is 2.06. The minimum Gasteiger partial charge on any atom is -0.496 e. The first-order valence-electron chi connectivity index (χ1n) is 2.35. The van der Waals surface area contributed by atoms with Gasteiger partial charge in [0.15, 0.2) is 0 Å². The number of rotatable bonds is 1. The van der Waals surface area contributed by atoms with E-state index in [1.54, 1.807) is 6.26 Å².